The van der Waals surface area contributed by atoms with Gasteiger partial charge in [0, 0.05) is 24.2 Å². The standard InChI is InChI=1S/C13H18ClF3N2O/c14-11-3-1-2-10(8-11)12(18)4-5-19(6-7-20)9-13(15,16)17/h1-3,8,12,20H,4-7,9,18H2. The van der Waals surface area contributed by atoms with E-state index < -0.39 is 12.7 Å². The van der Waals surface area contributed by atoms with Crippen LogP contribution in [0.15, 0.2) is 24.3 Å². The molecule has 0 heterocycles. The van der Waals surface area contributed by atoms with Crippen molar-refractivity contribution in [1.29, 1.82) is 0 Å². The predicted octanol–water partition coefficient (Wildman–Crippen LogP) is 2.59. The third-order valence-electron chi connectivity index (χ3n) is 2.85. The van der Waals surface area contributed by atoms with E-state index in [-0.39, 0.29) is 25.7 Å². The maximum absolute atomic E-state index is 12.4. The van der Waals surface area contributed by atoms with Gasteiger partial charge in [-0.3, -0.25) is 4.90 Å². The number of nitrogens with zero attached hydrogens (tertiary/aromatic N) is 1. The minimum Gasteiger partial charge on any atom is -0.395 e. The molecule has 0 bridgehead atoms. The lowest BCUT2D eigenvalue weighted by atomic mass is 10.0. The zero-order chi connectivity index (χ0) is 15.2. The second-order valence-electron chi connectivity index (χ2n) is 4.57. The first-order valence-corrected chi connectivity index (χ1v) is 6.60. The van der Waals surface area contributed by atoms with Crippen molar-refractivity contribution in [2.75, 3.05) is 26.2 Å². The minimum absolute atomic E-state index is 0.0260. The zero-order valence-corrected chi connectivity index (χ0v) is 11.7. The van der Waals surface area contributed by atoms with Gasteiger partial charge in [0.25, 0.3) is 0 Å². The van der Waals surface area contributed by atoms with Gasteiger partial charge in [-0.05, 0) is 24.1 Å². The van der Waals surface area contributed by atoms with Crippen molar-refractivity contribution in [2.45, 2.75) is 18.6 Å². The summed E-state index contributed by atoms with van der Waals surface area (Å²) >= 11 is 5.84. The van der Waals surface area contributed by atoms with Gasteiger partial charge in [-0.25, -0.2) is 0 Å². The number of rotatable bonds is 7. The molecule has 7 heteroatoms. The molecular formula is C13H18ClF3N2O. The summed E-state index contributed by atoms with van der Waals surface area (Å²) in [4.78, 5) is 1.14. The highest BCUT2D eigenvalue weighted by atomic mass is 35.5. The number of hydrogen-bond donors (Lipinski definition) is 2. The lowest BCUT2D eigenvalue weighted by Crippen LogP contribution is -2.37. The highest BCUT2D eigenvalue weighted by Crippen LogP contribution is 2.20. The largest absolute Gasteiger partial charge is 0.401 e. The maximum Gasteiger partial charge on any atom is 0.401 e. The monoisotopic (exact) mass is 310 g/mol. The number of halogens is 4. The van der Waals surface area contributed by atoms with Crippen LogP contribution in [0.2, 0.25) is 5.02 Å². The van der Waals surface area contributed by atoms with E-state index in [1.165, 1.54) is 0 Å². The van der Waals surface area contributed by atoms with Gasteiger partial charge in [0.05, 0.1) is 13.2 Å². The second kappa shape index (κ2) is 7.83. The first kappa shape index (κ1) is 17.2. The van der Waals surface area contributed by atoms with Gasteiger partial charge in [-0.1, -0.05) is 23.7 Å². The molecule has 0 aliphatic rings. The molecule has 0 radical (unpaired) electrons. The van der Waals surface area contributed by atoms with E-state index in [1.807, 2.05) is 0 Å². The average molecular weight is 311 g/mol. The van der Waals surface area contributed by atoms with Crippen LogP contribution in [0.25, 0.3) is 0 Å². The molecule has 1 aromatic rings. The first-order valence-electron chi connectivity index (χ1n) is 6.23. The summed E-state index contributed by atoms with van der Waals surface area (Å²) in [5.41, 5.74) is 6.73. The van der Waals surface area contributed by atoms with Crippen LogP contribution >= 0.6 is 11.6 Å². The van der Waals surface area contributed by atoms with Crippen LogP contribution in [-0.4, -0.2) is 42.4 Å². The molecule has 1 atom stereocenters. The SMILES string of the molecule is NC(CCN(CCO)CC(F)(F)F)c1cccc(Cl)c1. The Morgan fingerprint density at radius 2 is 2.00 bits per heavy atom. The van der Waals surface area contributed by atoms with Gasteiger partial charge >= 0.3 is 6.18 Å². The van der Waals surface area contributed by atoms with Gasteiger partial charge in [0.15, 0.2) is 0 Å². The van der Waals surface area contributed by atoms with E-state index in [0.29, 0.717) is 11.4 Å². The lowest BCUT2D eigenvalue weighted by Gasteiger charge is -2.24. The van der Waals surface area contributed by atoms with Crippen LogP contribution in [0.4, 0.5) is 13.2 Å². The molecule has 3 N–H and O–H groups in total. The van der Waals surface area contributed by atoms with Gasteiger partial charge in [-0.2, -0.15) is 13.2 Å². The molecule has 1 rings (SSSR count). The number of aliphatic hydroxyl groups is 1. The van der Waals surface area contributed by atoms with Crippen LogP contribution in [0.5, 0.6) is 0 Å². The van der Waals surface area contributed by atoms with Crippen LogP contribution in [0.1, 0.15) is 18.0 Å². The Morgan fingerprint density at radius 3 is 2.55 bits per heavy atom. The fraction of sp³-hybridized carbons (Fsp3) is 0.538. The normalized spacial score (nSPS) is 13.8. The fourth-order valence-electron chi connectivity index (χ4n) is 1.89. The van der Waals surface area contributed by atoms with Crippen molar-refractivity contribution in [1.82, 2.24) is 4.90 Å². The van der Waals surface area contributed by atoms with E-state index in [2.05, 4.69) is 0 Å². The summed E-state index contributed by atoms with van der Waals surface area (Å²) < 4.78 is 37.1. The van der Waals surface area contributed by atoms with Crippen molar-refractivity contribution in [2.24, 2.45) is 5.73 Å². The predicted molar refractivity (Wildman–Crippen MR) is 72.6 cm³/mol. The second-order valence-corrected chi connectivity index (χ2v) is 5.00. The third-order valence-corrected chi connectivity index (χ3v) is 3.09. The molecular weight excluding hydrogens is 293 g/mol. The van der Waals surface area contributed by atoms with Crippen molar-refractivity contribution in [3.8, 4) is 0 Å². The van der Waals surface area contributed by atoms with Gasteiger partial charge < -0.3 is 10.8 Å². The number of hydrogen-bond acceptors (Lipinski definition) is 3. The van der Waals surface area contributed by atoms with E-state index in [1.54, 1.807) is 24.3 Å². The van der Waals surface area contributed by atoms with Crippen LogP contribution in [0, 0.1) is 0 Å². The molecule has 1 aromatic carbocycles. The van der Waals surface area contributed by atoms with Gasteiger partial charge in [-0.15, -0.1) is 0 Å². The van der Waals surface area contributed by atoms with Crippen molar-refractivity contribution >= 4 is 11.6 Å². The first-order chi connectivity index (χ1) is 9.31. The Kier molecular flexibility index (Phi) is 6.75. The highest BCUT2D eigenvalue weighted by molar-refractivity contribution is 6.30. The lowest BCUT2D eigenvalue weighted by molar-refractivity contribution is -0.146. The van der Waals surface area contributed by atoms with Crippen LogP contribution in [-0.2, 0) is 0 Å². The maximum atomic E-state index is 12.4. The quantitative estimate of drug-likeness (QED) is 0.814. The van der Waals surface area contributed by atoms with Crippen molar-refractivity contribution < 1.29 is 18.3 Å². The molecule has 0 saturated carbocycles. The Balaban J connectivity index is 2.54. The molecule has 114 valence electrons. The molecule has 0 aliphatic heterocycles. The average Bonchev–Trinajstić information content (AvgIpc) is 2.34. The number of benzene rings is 1. The molecule has 0 amide bonds. The van der Waals surface area contributed by atoms with Gasteiger partial charge in [0.2, 0.25) is 0 Å². The third kappa shape index (κ3) is 6.56. The van der Waals surface area contributed by atoms with E-state index in [9.17, 15) is 13.2 Å². The molecule has 0 spiro atoms. The van der Waals surface area contributed by atoms with Gasteiger partial charge in [0.1, 0.15) is 0 Å². The minimum atomic E-state index is -4.28. The van der Waals surface area contributed by atoms with Crippen LogP contribution in [0.3, 0.4) is 0 Å². The molecule has 0 aromatic heterocycles. The van der Waals surface area contributed by atoms with E-state index in [0.717, 1.165) is 10.5 Å². The molecule has 0 fully saturated rings. The topological polar surface area (TPSA) is 49.5 Å². The summed E-state index contributed by atoms with van der Waals surface area (Å²) in [5, 5.41) is 9.34. The Morgan fingerprint density at radius 1 is 1.30 bits per heavy atom. The fourth-order valence-corrected chi connectivity index (χ4v) is 2.09. The Labute approximate surface area is 121 Å². The number of alkyl halides is 3. The number of aliphatic hydroxyl groups excluding tert-OH is 1. The van der Waals surface area contributed by atoms with E-state index in [4.69, 9.17) is 22.4 Å². The molecule has 20 heavy (non-hydrogen) atoms. The summed E-state index contributed by atoms with van der Waals surface area (Å²) in [6.45, 7) is -1.23. The Hall–Kier alpha value is -0.820. The summed E-state index contributed by atoms with van der Waals surface area (Å²) in [6.07, 6.45) is -3.92. The van der Waals surface area contributed by atoms with Crippen molar-refractivity contribution in [3.63, 3.8) is 0 Å². The Bertz CT molecular complexity index is 415. The molecule has 3 nitrogen and oxygen atoms in total. The van der Waals surface area contributed by atoms with Crippen molar-refractivity contribution in [3.05, 3.63) is 34.9 Å². The van der Waals surface area contributed by atoms with Crippen LogP contribution < -0.4 is 5.73 Å². The summed E-state index contributed by atoms with van der Waals surface area (Å²) in [5.74, 6) is 0. The highest BCUT2D eigenvalue weighted by Gasteiger charge is 2.30. The molecule has 0 aliphatic carbocycles. The number of nitrogens with two attached hydrogens (primary N) is 1. The molecule has 0 saturated heterocycles. The van der Waals surface area contributed by atoms with E-state index >= 15 is 0 Å². The zero-order valence-electron chi connectivity index (χ0n) is 10.9. The molecule has 1 unspecified atom stereocenters. The smallest absolute Gasteiger partial charge is 0.395 e. The summed E-state index contributed by atoms with van der Waals surface area (Å²) in [7, 11) is 0. The summed E-state index contributed by atoms with van der Waals surface area (Å²) in [6, 6.07) is 6.56.